The predicted octanol–water partition coefficient (Wildman–Crippen LogP) is 2.60. The molecular formula is C21H18N4O3. The minimum atomic E-state index is -0.462. The fraction of sp³-hybridized carbons (Fsp3) is 0.143. The van der Waals surface area contributed by atoms with Crippen LogP contribution in [0.25, 0.3) is 5.65 Å². The van der Waals surface area contributed by atoms with Gasteiger partial charge in [-0.05, 0) is 42.3 Å². The lowest BCUT2D eigenvalue weighted by Crippen LogP contribution is -2.17. The SMILES string of the molecule is Cc1ccc2nc(COC(=O)c3ccc(Cn4cccn4)cc3)cc(=O)n2c1. The summed E-state index contributed by atoms with van der Waals surface area (Å²) < 4.78 is 8.60. The summed E-state index contributed by atoms with van der Waals surface area (Å²) in [6.07, 6.45) is 5.33. The highest BCUT2D eigenvalue weighted by atomic mass is 16.5. The van der Waals surface area contributed by atoms with Crippen LogP contribution in [0.3, 0.4) is 0 Å². The predicted molar refractivity (Wildman–Crippen MR) is 103 cm³/mol. The average molecular weight is 374 g/mol. The van der Waals surface area contributed by atoms with E-state index in [0.29, 0.717) is 23.4 Å². The van der Waals surface area contributed by atoms with Gasteiger partial charge in [0, 0.05) is 24.7 Å². The highest BCUT2D eigenvalue weighted by Gasteiger charge is 2.10. The molecule has 1 aromatic carbocycles. The second-order valence-corrected chi connectivity index (χ2v) is 6.50. The van der Waals surface area contributed by atoms with Gasteiger partial charge in [0.1, 0.15) is 12.3 Å². The Hall–Kier alpha value is -3.74. The second kappa shape index (κ2) is 7.48. The first kappa shape index (κ1) is 17.7. The zero-order chi connectivity index (χ0) is 19.5. The highest BCUT2D eigenvalue weighted by molar-refractivity contribution is 5.89. The zero-order valence-electron chi connectivity index (χ0n) is 15.3. The number of rotatable bonds is 5. The standard InChI is InChI=1S/C21H18N4O3/c1-15-3-8-19-23-18(11-20(26)25(19)12-15)14-28-21(27)17-6-4-16(5-7-17)13-24-10-2-9-22-24/h2-12H,13-14H2,1H3. The summed E-state index contributed by atoms with van der Waals surface area (Å²) in [6.45, 7) is 2.47. The molecule has 3 heterocycles. The molecule has 0 fully saturated rings. The van der Waals surface area contributed by atoms with E-state index in [-0.39, 0.29) is 12.2 Å². The van der Waals surface area contributed by atoms with Gasteiger partial charge in [-0.15, -0.1) is 0 Å². The van der Waals surface area contributed by atoms with Gasteiger partial charge in [-0.3, -0.25) is 13.9 Å². The summed E-state index contributed by atoms with van der Waals surface area (Å²) in [6, 6.07) is 14.0. The van der Waals surface area contributed by atoms with E-state index in [4.69, 9.17) is 4.74 Å². The van der Waals surface area contributed by atoms with Crippen molar-refractivity contribution < 1.29 is 9.53 Å². The third kappa shape index (κ3) is 3.83. The number of fused-ring (bicyclic) bond motifs is 1. The van der Waals surface area contributed by atoms with Crippen molar-refractivity contribution in [3.8, 4) is 0 Å². The molecule has 0 saturated carbocycles. The number of benzene rings is 1. The molecule has 4 aromatic rings. The number of aryl methyl sites for hydroxylation is 1. The molecule has 0 aliphatic rings. The summed E-state index contributed by atoms with van der Waals surface area (Å²) in [5, 5.41) is 4.16. The Morgan fingerprint density at radius 2 is 1.96 bits per heavy atom. The van der Waals surface area contributed by atoms with Crippen LogP contribution in [0, 0.1) is 6.92 Å². The first-order valence-corrected chi connectivity index (χ1v) is 8.81. The first-order chi connectivity index (χ1) is 13.6. The van der Waals surface area contributed by atoms with Crippen molar-refractivity contribution in [2.45, 2.75) is 20.1 Å². The summed E-state index contributed by atoms with van der Waals surface area (Å²) >= 11 is 0. The number of ether oxygens (including phenoxy) is 1. The third-order valence-corrected chi connectivity index (χ3v) is 4.31. The van der Waals surface area contributed by atoms with Gasteiger partial charge < -0.3 is 4.74 Å². The van der Waals surface area contributed by atoms with Crippen LogP contribution in [0.1, 0.15) is 27.2 Å². The van der Waals surface area contributed by atoms with E-state index < -0.39 is 5.97 Å². The van der Waals surface area contributed by atoms with Crippen molar-refractivity contribution in [3.05, 3.63) is 99.9 Å². The van der Waals surface area contributed by atoms with Crippen molar-refractivity contribution in [1.82, 2.24) is 19.2 Å². The molecule has 0 amide bonds. The van der Waals surface area contributed by atoms with Crippen LogP contribution < -0.4 is 5.56 Å². The number of carbonyl (C=O) groups is 1. The molecule has 28 heavy (non-hydrogen) atoms. The Balaban J connectivity index is 1.43. The molecule has 4 rings (SSSR count). The van der Waals surface area contributed by atoms with Gasteiger partial charge in [-0.2, -0.15) is 5.10 Å². The van der Waals surface area contributed by atoms with Crippen LogP contribution in [0.4, 0.5) is 0 Å². The van der Waals surface area contributed by atoms with Crippen LogP contribution in [-0.4, -0.2) is 25.1 Å². The Labute approximate surface area is 160 Å². The van der Waals surface area contributed by atoms with E-state index in [1.165, 1.54) is 10.5 Å². The van der Waals surface area contributed by atoms with Crippen molar-refractivity contribution in [2.24, 2.45) is 0 Å². The fourth-order valence-corrected chi connectivity index (χ4v) is 2.88. The van der Waals surface area contributed by atoms with Gasteiger partial charge in [-0.1, -0.05) is 18.2 Å². The lowest BCUT2D eigenvalue weighted by atomic mass is 10.1. The van der Waals surface area contributed by atoms with Crippen LogP contribution in [0.2, 0.25) is 0 Å². The number of hydrogen-bond acceptors (Lipinski definition) is 5. The van der Waals surface area contributed by atoms with E-state index in [2.05, 4.69) is 10.1 Å². The highest BCUT2D eigenvalue weighted by Crippen LogP contribution is 2.09. The molecule has 0 radical (unpaired) electrons. The molecular weight excluding hydrogens is 356 g/mol. The summed E-state index contributed by atoms with van der Waals surface area (Å²) in [4.78, 5) is 28.9. The van der Waals surface area contributed by atoms with Gasteiger partial charge in [-0.25, -0.2) is 9.78 Å². The Morgan fingerprint density at radius 1 is 1.14 bits per heavy atom. The molecule has 7 nitrogen and oxygen atoms in total. The molecule has 0 aliphatic carbocycles. The quantitative estimate of drug-likeness (QED) is 0.502. The van der Waals surface area contributed by atoms with Gasteiger partial charge in [0.15, 0.2) is 0 Å². The smallest absolute Gasteiger partial charge is 0.338 e. The monoisotopic (exact) mass is 374 g/mol. The summed E-state index contributed by atoms with van der Waals surface area (Å²) in [5.41, 5.74) is 3.16. The van der Waals surface area contributed by atoms with Gasteiger partial charge in [0.05, 0.1) is 17.8 Å². The minimum absolute atomic E-state index is 0.0620. The van der Waals surface area contributed by atoms with Gasteiger partial charge in [0.25, 0.3) is 5.56 Å². The van der Waals surface area contributed by atoms with Gasteiger partial charge >= 0.3 is 5.97 Å². The fourth-order valence-electron chi connectivity index (χ4n) is 2.88. The molecule has 0 aliphatic heterocycles. The molecule has 140 valence electrons. The maximum absolute atomic E-state index is 12.3. The number of aromatic nitrogens is 4. The van der Waals surface area contributed by atoms with Crippen molar-refractivity contribution in [1.29, 1.82) is 0 Å². The summed E-state index contributed by atoms with van der Waals surface area (Å²) in [7, 11) is 0. The average Bonchev–Trinajstić information content (AvgIpc) is 3.20. The number of esters is 1. The summed E-state index contributed by atoms with van der Waals surface area (Å²) in [5.74, 6) is -0.462. The molecule has 0 unspecified atom stereocenters. The zero-order valence-corrected chi connectivity index (χ0v) is 15.3. The van der Waals surface area contributed by atoms with Crippen LogP contribution in [-0.2, 0) is 17.9 Å². The normalized spacial score (nSPS) is 10.9. The molecule has 7 heteroatoms. The van der Waals surface area contributed by atoms with Crippen molar-refractivity contribution >= 4 is 11.6 Å². The second-order valence-electron chi connectivity index (χ2n) is 6.50. The van der Waals surface area contributed by atoms with E-state index in [1.54, 1.807) is 35.3 Å². The van der Waals surface area contributed by atoms with E-state index >= 15 is 0 Å². The molecule has 0 atom stereocenters. The lowest BCUT2D eigenvalue weighted by Gasteiger charge is -2.07. The van der Waals surface area contributed by atoms with E-state index in [0.717, 1.165) is 11.1 Å². The number of pyridine rings is 1. The molecule has 3 aromatic heterocycles. The van der Waals surface area contributed by atoms with E-state index in [1.807, 2.05) is 37.4 Å². The Bertz CT molecular complexity index is 1180. The van der Waals surface area contributed by atoms with Crippen molar-refractivity contribution in [3.63, 3.8) is 0 Å². The number of nitrogens with zero attached hydrogens (tertiary/aromatic N) is 4. The minimum Gasteiger partial charge on any atom is -0.456 e. The van der Waals surface area contributed by atoms with Crippen LogP contribution in [0.15, 0.2) is 71.9 Å². The maximum Gasteiger partial charge on any atom is 0.338 e. The molecule has 0 saturated heterocycles. The molecule has 0 N–H and O–H groups in total. The van der Waals surface area contributed by atoms with E-state index in [9.17, 15) is 9.59 Å². The lowest BCUT2D eigenvalue weighted by molar-refractivity contribution is 0.0467. The van der Waals surface area contributed by atoms with Crippen molar-refractivity contribution in [2.75, 3.05) is 0 Å². The molecule has 0 bridgehead atoms. The van der Waals surface area contributed by atoms with Crippen LogP contribution in [0.5, 0.6) is 0 Å². The van der Waals surface area contributed by atoms with Gasteiger partial charge in [0.2, 0.25) is 0 Å². The largest absolute Gasteiger partial charge is 0.456 e. The first-order valence-electron chi connectivity index (χ1n) is 8.81. The Morgan fingerprint density at radius 3 is 2.71 bits per heavy atom. The third-order valence-electron chi connectivity index (χ3n) is 4.31. The maximum atomic E-state index is 12.3. The number of hydrogen-bond donors (Lipinski definition) is 0. The Kier molecular flexibility index (Phi) is 4.72. The van der Waals surface area contributed by atoms with Crippen LogP contribution >= 0.6 is 0 Å². The topological polar surface area (TPSA) is 78.5 Å². The number of carbonyl (C=O) groups excluding carboxylic acids is 1. The molecule has 0 spiro atoms.